The summed E-state index contributed by atoms with van der Waals surface area (Å²) in [5.74, 6) is -1.77. The molecule has 3 aromatic rings. The highest BCUT2D eigenvalue weighted by molar-refractivity contribution is 6.23. The van der Waals surface area contributed by atoms with Gasteiger partial charge in [-0.05, 0) is 64.2 Å². The first kappa shape index (κ1) is 38.1. The van der Waals surface area contributed by atoms with Gasteiger partial charge < -0.3 is 30.2 Å². The number of aromatic nitrogens is 4. The van der Waals surface area contributed by atoms with Gasteiger partial charge in [0.2, 0.25) is 11.8 Å². The summed E-state index contributed by atoms with van der Waals surface area (Å²) < 4.78 is 2.09. The zero-order valence-corrected chi connectivity index (χ0v) is 31.6. The van der Waals surface area contributed by atoms with E-state index < -0.39 is 41.1 Å². The maximum Gasteiger partial charge on any atom is 0.337 e. The number of carboxylic acid groups (broad SMARTS) is 1. The molecule has 3 N–H and O–H groups in total. The highest BCUT2D eigenvalue weighted by Crippen LogP contribution is 2.43. The van der Waals surface area contributed by atoms with Crippen molar-refractivity contribution in [3.8, 4) is 11.6 Å². The molecule has 2 saturated heterocycles. The monoisotopic (exact) mass is 746 g/mol. The van der Waals surface area contributed by atoms with E-state index in [1.807, 2.05) is 25.7 Å². The third kappa shape index (κ3) is 6.59. The van der Waals surface area contributed by atoms with Gasteiger partial charge in [0, 0.05) is 53.2 Å². The van der Waals surface area contributed by atoms with Crippen molar-refractivity contribution in [3.05, 3.63) is 46.5 Å². The van der Waals surface area contributed by atoms with Gasteiger partial charge in [-0.3, -0.25) is 14.3 Å². The van der Waals surface area contributed by atoms with Crippen molar-refractivity contribution < 1.29 is 29.4 Å². The van der Waals surface area contributed by atoms with E-state index in [9.17, 15) is 34.2 Å². The van der Waals surface area contributed by atoms with Gasteiger partial charge in [0.25, 0.3) is 5.91 Å². The molecule has 2 aromatic heterocycles. The number of benzene rings is 1. The number of carbonyl (C=O) groups excluding carboxylic acids is 3. The number of likely N-dealkylation sites (tertiary alicyclic amines) is 1. The summed E-state index contributed by atoms with van der Waals surface area (Å²) >= 11 is 0. The van der Waals surface area contributed by atoms with E-state index in [1.54, 1.807) is 47.3 Å². The number of amides is 5. The highest BCUT2D eigenvalue weighted by Gasteiger charge is 2.57. The Hall–Kier alpha value is -5.61. The Morgan fingerprint density at radius 1 is 0.944 bits per heavy atom. The van der Waals surface area contributed by atoms with Crippen molar-refractivity contribution in [2.45, 2.75) is 83.7 Å². The van der Waals surface area contributed by atoms with E-state index in [4.69, 9.17) is 4.98 Å². The molecule has 1 atom stereocenters. The highest BCUT2D eigenvalue weighted by atomic mass is 16.4. The number of hydrogen-bond donors (Lipinski definition) is 3. The van der Waals surface area contributed by atoms with Crippen LogP contribution in [0.1, 0.15) is 71.3 Å². The van der Waals surface area contributed by atoms with Crippen molar-refractivity contribution in [1.29, 1.82) is 0 Å². The van der Waals surface area contributed by atoms with Gasteiger partial charge in [-0.1, -0.05) is 31.4 Å². The number of likely N-dealkylation sites (N-methyl/N-ethyl adjacent to an activating group) is 1. The number of urea groups is 2. The van der Waals surface area contributed by atoms with Crippen LogP contribution in [0.15, 0.2) is 35.3 Å². The Morgan fingerprint density at radius 2 is 1.59 bits per heavy atom. The minimum atomic E-state index is -1.18. The number of hydrogen-bond acceptors (Lipinski definition) is 10. The first-order valence-corrected chi connectivity index (χ1v) is 18.8. The molecular weight excluding hydrogens is 696 g/mol. The maximum absolute atomic E-state index is 13.8. The number of aliphatic carboxylic acids is 1. The summed E-state index contributed by atoms with van der Waals surface area (Å²) in [6.45, 7) is 8.63. The summed E-state index contributed by atoms with van der Waals surface area (Å²) in [6.07, 6.45) is 6.96. The van der Waals surface area contributed by atoms with Crippen LogP contribution in [0.2, 0.25) is 0 Å². The topological polar surface area (TPSA) is 190 Å². The van der Waals surface area contributed by atoms with Gasteiger partial charge in [0.1, 0.15) is 17.3 Å². The van der Waals surface area contributed by atoms with E-state index in [2.05, 4.69) is 10.3 Å². The van der Waals surface area contributed by atoms with Crippen molar-refractivity contribution in [3.63, 3.8) is 0 Å². The molecule has 2 aliphatic heterocycles. The minimum absolute atomic E-state index is 0.00201. The Morgan fingerprint density at radius 3 is 2.19 bits per heavy atom. The van der Waals surface area contributed by atoms with Crippen LogP contribution in [0.3, 0.4) is 0 Å². The molecule has 4 heterocycles. The van der Waals surface area contributed by atoms with E-state index in [-0.39, 0.29) is 29.8 Å². The second-order valence-corrected chi connectivity index (χ2v) is 14.1. The molecule has 3 fully saturated rings. The second kappa shape index (κ2) is 15.4. The van der Waals surface area contributed by atoms with Crippen LogP contribution >= 0.6 is 0 Å². The molecule has 17 heteroatoms. The van der Waals surface area contributed by atoms with E-state index in [0.29, 0.717) is 62.8 Å². The molecule has 290 valence electrons. The van der Waals surface area contributed by atoms with Crippen LogP contribution in [0.5, 0.6) is 5.88 Å². The molecule has 1 aliphatic carbocycles. The summed E-state index contributed by atoms with van der Waals surface area (Å²) in [5.41, 5.74) is -0.458. The lowest BCUT2D eigenvalue weighted by Gasteiger charge is -2.35. The van der Waals surface area contributed by atoms with E-state index in [1.165, 1.54) is 11.9 Å². The fourth-order valence-corrected chi connectivity index (χ4v) is 7.91. The molecule has 5 amide bonds. The minimum Gasteiger partial charge on any atom is -0.492 e. The van der Waals surface area contributed by atoms with Gasteiger partial charge in [-0.25, -0.2) is 33.6 Å². The first-order valence-electron chi connectivity index (χ1n) is 18.8. The molecule has 3 aliphatic rings. The number of anilines is 4. The molecule has 6 rings (SSSR count). The SMILES string of the molecule is CCN(CC)c1ncc(N(CC)C(=O)N2CCCC2)c(NC(Cc2ccc(-n3c(O)c(N4C(=O)N(C)C5(CCCCC5)C4=O)n(C)c3=O)cc2)C(=O)O)n1. The smallest absolute Gasteiger partial charge is 0.337 e. The number of aromatic hydroxyl groups is 1. The third-order valence-corrected chi connectivity index (χ3v) is 11.1. The number of carboxylic acids is 1. The van der Waals surface area contributed by atoms with Crippen molar-refractivity contribution in [2.75, 3.05) is 59.8 Å². The van der Waals surface area contributed by atoms with Gasteiger partial charge in [0.15, 0.2) is 11.6 Å². The molecular formula is C37H50N10O7. The van der Waals surface area contributed by atoms with Crippen LogP contribution in [0.25, 0.3) is 5.69 Å². The van der Waals surface area contributed by atoms with Crippen LogP contribution in [0.4, 0.5) is 32.9 Å². The largest absolute Gasteiger partial charge is 0.492 e. The van der Waals surface area contributed by atoms with Crippen LogP contribution in [0, 0.1) is 0 Å². The predicted octanol–water partition coefficient (Wildman–Crippen LogP) is 3.77. The van der Waals surface area contributed by atoms with Crippen LogP contribution < -0.4 is 25.7 Å². The van der Waals surface area contributed by atoms with Gasteiger partial charge in [-0.15, -0.1) is 0 Å². The number of nitrogens with one attached hydrogen (secondary N) is 1. The van der Waals surface area contributed by atoms with Crippen LogP contribution in [-0.4, -0.2) is 114 Å². The lowest BCUT2D eigenvalue weighted by atomic mass is 9.81. The average Bonchev–Trinajstić information content (AvgIpc) is 3.83. The molecule has 0 radical (unpaired) electrons. The molecule has 54 heavy (non-hydrogen) atoms. The zero-order valence-electron chi connectivity index (χ0n) is 31.6. The molecule has 1 saturated carbocycles. The fourth-order valence-electron chi connectivity index (χ4n) is 7.91. The van der Waals surface area contributed by atoms with Gasteiger partial charge >= 0.3 is 23.7 Å². The molecule has 1 aromatic carbocycles. The fraction of sp³-hybridized carbons (Fsp3) is 0.541. The maximum atomic E-state index is 13.8. The molecule has 0 bridgehead atoms. The normalized spacial score (nSPS) is 17.4. The van der Waals surface area contributed by atoms with Crippen molar-refractivity contribution in [2.24, 2.45) is 7.05 Å². The molecule has 1 unspecified atom stereocenters. The van der Waals surface area contributed by atoms with E-state index >= 15 is 0 Å². The number of rotatable bonds is 12. The number of nitrogens with zero attached hydrogens (tertiary/aromatic N) is 9. The van der Waals surface area contributed by atoms with Gasteiger partial charge in [0.05, 0.1) is 11.9 Å². The summed E-state index contributed by atoms with van der Waals surface area (Å²) in [5, 5.41) is 24.9. The summed E-state index contributed by atoms with van der Waals surface area (Å²) in [6, 6.07) is 4.42. The predicted molar refractivity (Wildman–Crippen MR) is 203 cm³/mol. The van der Waals surface area contributed by atoms with Gasteiger partial charge in [-0.2, -0.15) is 4.98 Å². The lowest BCUT2D eigenvalue weighted by Crippen LogP contribution is -2.49. The van der Waals surface area contributed by atoms with Crippen molar-refractivity contribution in [1.82, 2.24) is 28.9 Å². The third-order valence-electron chi connectivity index (χ3n) is 11.1. The molecule has 1 spiro atoms. The Bertz CT molecular complexity index is 1960. The molecule has 17 nitrogen and oxygen atoms in total. The van der Waals surface area contributed by atoms with Crippen LogP contribution in [-0.2, 0) is 23.1 Å². The average molecular weight is 747 g/mol. The number of carbonyl (C=O) groups is 4. The quantitative estimate of drug-likeness (QED) is 0.229. The number of imide groups is 1. The standard InChI is InChI=1S/C37H50N10O7/c1-6-43(7-2)33-38-23-27(45(8-3)36(54)44-20-12-13-21-44)28(40-33)39-26(31(49)50)22-24-14-16-25(17-15-24)46-30(48)29(41(4)34(46)52)47-32(51)37(42(5)35(47)53)18-10-9-11-19-37/h14-17,23,26,48H,6-13,18-22H2,1-5H3,(H,49,50)(H,38,39,40). The summed E-state index contributed by atoms with van der Waals surface area (Å²) in [7, 11) is 2.97. The Balaban J connectivity index is 1.28. The lowest BCUT2D eigenvalue weighted by molar-refractivity contribution is -0.137. The Kier molecular flexibility index (Phi) is 10.9. The summed E-state index contributed by atoms with van der Waals surface area (Å²) in [4.78, 5) is 83.9. The second-order valence-electron chi connectivity index (χ2n) is 14.1. The zero-order chi connectivity index (χ0) is 38.9. The number of imidazole rings is 1. The first-order chi connectivity index (χ1) is 25.9. The van der Waals surface area contributed by atoms with E-state index in [0.717, 1.165) is 46.1 Å². The van der Waals surface area contributed by atoms with Crippen molar-refractivity contribution >= 4 is 47.2 Å². The Labute approximate surface area is 313 Å².